The number of benzene rings is 2. The summed E-state index contributed by atoms with van der Waals surface area (Å²) < 4.78 is 57.0. The van der Waals surface area contributed by atoms with Gasteiger partial charge in [-0.15, -0.1) is 0 Å². The molecule has 0 bridgehead atoms. The molecule has 2 aliphatic rings. The van der Waals surface area contributed by atoms with Crippen LogP contribution in [0.15, 0.2) is 41.6 Å². The summed E-state index contributed by atoms with van der Waals surface area (Å²) in [5.41, 5.74) is -3.54. The largest absolute Gasteiger partial charge is 0.435 e. The second-order valence-corrected chi connectivity index (χ2v) is 8.79. The number of hydrogen-bond acceptors (Lipinski definition) is 3. The lowest BCUT2D eigenvalue weighted by molar-refractivity contribution is -0.275. The van der Waals surface area contributed by atoms with E-state index in [0.29, 0.717) is 11.1 Å². The summed E-state index contributed by atoms with van der Waals surface area (Å²) in [7, 11) is 1.81. The molecule has 160 valence electrons. The molecule has 1 saturated heterocycles. The quantitative estimate of drug-likeness (QED) is 0.377. The zero-order valence-electron chi connectivity index (χ0n) is 15.5. The van der Waals surface area contributed by atoms with Gasteiger partial charge in [0.1, 0.15) is 0 Å². The van der Waals surface area contributed by atoms with E-state index in [9.17, 15) is 17.6 Å². The molecule has 0 aliphatic carbocycles. The van der Waals surface area contributed by atoms with Gasteiger partial charge in [-0.05, 0) is 30.3 Å². The van der Waals surface area contributed by atoms with Crippen molar-refractivity contribution in [2.24, 2.45) is 5.16 Å². The zero-order valence-corrected chi connectivity index (χ0v) is 17.8. The highest BCUT2D eigenvalue weighted by Crippen LogP contribution is 2.50. The van der Waals surface area contributed by atoms with Crippen LogP contribution in [-0.4, -0.2) is 36.9 Å². The highest BCUT2D eigenvalue weighted by atomic mass is 35.5. The van der Waals surface area contributed by atoms with Crippen LogP contribution >= 0.6 is 34.8 Å². The van der Waals surface area contributed by atoms with E-state index in [1.54, 1.807) is 24.3 Å². The Morgan fingerprint density at radius 2 is 1.57 bits per heavy atom. The lowest BCUT2D eigenvalue weighted by atomic mass is 9.85. The maximum atomic E-state index is 14.7. The first kappa shape index (κ1) is 21.7. The second-order valence-electron chi connectivity index (χ2n) is 7.60. The van der Waals surface area contributed by atoms with Gasteiger partial charge in [-0.1, -0.05) is 64.2 Å². The standard InChI is InChI=1S/C20H15Cl3F4N2O/c1-29-9-18(24,10-29)12-4-2-11(3-5-12)16-8-19(30-28-16,20(25,26)27)13-6-14(21)17(23)15(22)7-13/h2-7H,8-10H2,1H3. The monoisotopic (exact) mass is 480 g/mol. The second kappa shape index (κ2) is 7.26. The SMILES string of the molecule is CN1CC(F)(c2ccc(C3=NOC(c4cc(Cl)c(Cl)c(Cl)c4)(C(F)(F)F)C3)cc2)C1. The summed E-state index contributed by atoms with van der Waals surface area (Å²) in [6.45, 7) is 0.539. The van der Waals surface area contributed by atoms with Crippen LogP contribution in [0.3, 0.4) is 0 Å². The molecule has 3 nitrogen and oxygen atoms in total. The molecule has 0 saturated carbocycles. The first-order valence-corrected chi connectivity index (χ1v) is 10.0. The van der Waals surface area contributed by atoms with Gasteiger partial charge in [0.2, 0.25) is 0 Å². The van der Waals surface area contributed by atoms with Crippen molar-refractivity contribution in [3.8, 4) is 0 Å². The summed E-state index contributed by atoms with van der Waals surface area (Å²) in [6.07, 6.45) is -5.40. The third kappa shape index (κ3) is 3.45. The molecular formula is C20H15Cl3F4N2O. The van der Waals surface area contributed by atoms with E-state index >= 15 is 0 Å². The van der Waals surface area contributed by atoms with Crippen molar-refractivity contribution in [1.82, 2.24) is 4.90 Å². The predicted molar refractivity (Wildman–Crippen MR) is 108 cm³/mol. The molecule has 4 rings (SSSR count). The lowest BCUT2D eigenvalue weighted by Gasteiger charge is -2.42. The van der Waals surface area contributed by atoms with Gasteiger partial charge < -0.3 is 4.84 Å². The van der Waals surface area contributed by atoms with Crippen LogP contribution in [0, 0.1) is 0 Å². The Balaban J connectivity index is 1.64. The smallest absolute Gasteiger partial charge is 0.374 e. The zero-order chi connectivity index (χ0) is 21.9. The van der Waals surface area contributed by atoms with Crippen molar-refractivity contribution >= 4 is 40.5 Å². The van der Waals surface area contributed by atoms with Gasteiger partial charge in [-0.2, -0.15) is 13.2 Å². The van der Waals surface area contributed by atoms with E-state index in [4.69, 9.17) is 39.6 Å². The fourth-order valence-electron chi connectivity index (χ4n) is 3.80. The van der Waals surface area contributed by atoms with Crippen molar-refractivity contribution < 1.29 is 22.4 Å². The first-order valence-electron chi connectivity index (χ1n) is 8.90. The van der Waals surface area contributed by atoms with Crippen LogP contribution < -0.4 is 0 Å². The van der Waals surface area contributed by atoms with Crippen LogP contribution in [-0.2, 0) is 16.1 Å². The van der Waals surface area contributed by atoms with Gasteiger partial charge >= 0.3 is 6.18 Å². The fraction of sp³-hybridized carbons (Fsp3) is 0.350. The molecule has 2 aromatic carbocycles. The highest BCUT2D eigenvalue weighted by Gasteiger charge is 2.62. The Hall–Kier alpha value is -1.54. The van der Waals surface area contributed by atoms with Gasteiger partial charge in [-0.25, -0.2) is 4.39 Å². The van der Waals surface area contributed by atoms with Crippen LogP contribution in [0.1, 0.15) is 23.1 Å². The number of nitrogens with zero attached hydrogens (tertiary/aromatic N) is 2. The number of hydrogen-bond donors (Lipinski definition) is 0. The van der Waals surface area contributed by atoms with E-state index in [1.165, 1.54) is 0 Å². The van der Waals surface area contributed by atoms with Crippen molar-refractivity contribution in [2.75, 3.05) is 20.1 Å². The van der Waals surface area contributed by atoms with Crippen molar-refractivity contribution in [1.29, 1.82) is 0 Å². The number of likely N-dealkylation sites (N-methyl/N-ethyl adjacent to an activating group) is 1. The number of halogens is 7. The van der Waals surface area contributed by atoms with Crippen LogP contribution in [0.25, 0.3) is 0 Å². The predicted octanol–water partition coefficient (Wildman–Crippen LogP) is 6.34. The Kier molecular flexibility index (Phi) is 5.25. The minimum atomic E-state index is -4.81. The van der Waals surface area contributed by atoms with E-state index in [-0.39, 0.29) is 39.4 Å². The molecule has 1 fully saturated rings. The molecule has 2 aliphatic heterocycles. The Morgan fingerprint density at radius 3 is 2.07 bits per heavy atom. The maximum Gasteiger partial charge on any atom is 0.435 e. The third-order valence-electron chi connectivity index (χ3n) is 5.41. The lowest BCUT2D eigenvalue weighted by Crippen LogP contribution is -2.54. The van der Waals surface area contributed by atoms with Crippen molar-refractivity contribution in [3.05, 3.63) is 68.2 Å². The number of rotatable bonds is 3. The summed E-state index contributed by atoms with van der Waals surface area (Å²) >= 11 is 17.7. The molecule has 1 atom stereocenters. The Bertz CT molecular complexity index is 997. The molecule has 30 heavy (non-hydrogen) atoms. The molecule has 0 amide bonds. The molecule has 2 aromatic rings. The summed E-state index contributed by atoms with van der Waals surface area (Å²) in [5, 5.41) is 3.41. The van der Waals surface area contributed by atoms with Crippen molar-refractivity contribution in [3.63, 3.8) is 0 Å². The van der Waals surface area contributed by atoms with Crippen LogP contribution in [0.4, 0.5) is 17.6 Å². The molecule has 1 unspecified atom stereocenters. The maximum absolute atomic E-state index is 14.7. The van der Waals surface area contributed by atoms with E-state index in [1.807, 2.05) is 11.9 Å². The topological polar surface area (TPSA) is 24.8 Å². The number of likely N-dealkylation sites (tertiary alicyclic amines) is 1. The summed E-state index contributed by atoms with van der Waals surface area (Å²) in [6, 6.07) is 8.37. The normalized spacial score (nSPS) is 23.7. The number of alkyl halides is 4. The van der Waals surface area contributed by atoms with Gasteiger partial charge in [-0.3, -0.25) is 4.90 Å². The summed E-state index contributed by atoms with van der Waals surface area (Å²) in [4.78, 5) is 6.81. The van der Waals surface area contributed by atoms with Crippen LogP contribution in [0.2, 0.25) is 15.1 Å². The molecule has 0 aromatic heterocycles. The highest BCUT2D eigenvalue weighted by molar-refractivity contribution is 6.48. The fourth-order valence-corrected chi connectivity index (χ4v) is 4.40. The average Bonchev–Trinajstić information content (AvgIpc) is 3.11. The third-order valence-corrected chi connectivity index (χ3v) is 6.61. The molecule has 2 heterocycles. The number of oxime groups is 1. The Morgan fingerprint density at radius 1 is 1.00 bits per heavy atom. The van der Waals surface area contributed by atoms with Gasteiger partial charge in [0, 0.05) is 25.1 Å². The minimum Gasteiger partial charge on any atom is -0.374 e. The van der Waals surface area contributed by atoms with Crippen LogP contribution in [0.5, 0.6) is 0 Å². The average molecular weight is 482 g/mol. The van der Waals surface area contributed by atoms with Gasteiger partial charge in [0.25, 0.3) is 5.60 Å². The molecular weight excluding hydrogens is 467 g/mol. The minimum absolute atomic E-state index is 0.0454. The van der Waals surface area contributed by atoms with Gasteiger partial charge in [0.15, 0.2) is 5.67 Å². The first-order chi connectivity index (χ1) is 13.9. The molecule has 0 spiro atoms. The molecule has 10 heteroatoms. The van der Waals surface area contributed by atoms with Gasteiger partial charge in [0.05, 0.1) is 20.8 Å². The Labute approximate surface area is 185 Å². The van der Waals surface area contributed by atoms with E-state index < -0.39 is 23.9 Å². The molecule has 0 radical (unpaired) electrons. The summed E-state index contributed by atoms with van der Waals surface area (Å²) in [5.74, 6) is 0. The van der Waals surface area contributed by atoms with E-state index in [2.05, 4.69) is 5.16 Å². The molecule has 0 N–H and O–H groups in total. The van der Waals surface area contributed by atoms with Crippen molar-refractivity contribution in [2.45, 2.75) is 23.9 Å². The van der Waals surface area contributed by atoms with E-state index in [0.717, 1.165) is 12.1 Å².